The van der Waals surface area contributed by atoms with E-state index in [-0.39, 0.29) is 0 Å². The molecule has 86 valence electrons. The first kappa shape index (κ1) is 13.9. The Morgan fingerprint density at radius 1 is 1.07 bits per heavy atom. The van der Waals surface area contributed by atoms with Gasteiger partial charge in [0, 0.05) is 18.6 Å². The van der Waals surface area contributed by atoms with Gasteiger partial charge in [-0.2, -0.15) is 0 Å². The lowest BCUT2D eigenvalue weighted by molar-refractivity contribution is 0.172. The predicted octanol–water partition coefficient (Wildman–Crippen LogP) is 2.35. The summed E-state index contributed by atoms with van der Waals surface area (Å²) in [5.74, 6) is 0.791. The molecule has 0 fully saturated rings. The Morgan fingerprint density at radius 2 is 1.64 bits per heavy atom. The molecule has 0 aliphatic carbocycles. The second kappa shape index (κ2) is 7.24. The molecule has 2 unspecified atom stereocenters. The van der Waals surface area contributed by atoms with Crippen LogP contribution in [-0.2, 0) is 0 Å². The fraction of sp³-hybridized carbons (Fsp3) is 1.00. The lowest BCUT2D eigenvalue weighted by Gasteiger charge is -2.32. The molecule has 1 N–H and O–H groups in total. The summed E-state index contributed by atoms with van der Waals surface area (Å²) < 4.78 is 0. The number of hydrogen-bond acceptors (Lipinski definition) is 2. The van der Waals surface area contributed by atoms with Crippen LogP contribution in [0.4, 0.5) is 0 Å². The van der Waals surface area contributed by atoms with Gasteiger partial charge in [0.25, 0.3) is 0 Å². The van der Waals surface area contributed by atoms with Crippen LogP contribution in [0.25, 0.3) is 0 Å². The van der Waals surface area contributed by atoms with Crippen LogP contribution >= 0.6 is 0 Å². The van der Waals surface area contributed by atoms with Crippen molar-refractivity contribution in [3.05, 3.63) is 0 Å². The highest BCUT2D eigenvalue weighted by Crippen LogP contribution is 2.11. The molecule has 2 heteroatoms. The van der Waals surface area contributed by atoms with Gasteiger partial charge in [0.1, 0.15) is 0 Å². The maximum atomic E-state index is 3.40. The highest BCUT2D eigenvalue weighted by atomic mass is 15.2. The molecule has 0 saturated carbocycles. The third-order valence-electron chi connectivity index (χ3n) is 2.89. The van der Waals surface area contributed by atoms with E-state index in [1.165, 1.54) is 6.42 Å². The maximum absolute atomic E-state index is 3.40. The van der Waals surface area contributed by atoms with Crippen molar-refractivity contribution in [2.45, 2.75) is 53.1 Å². The molecule has 0 radical (unpaired) electrons. The van der Waals surface area contributed by atoms with E-state index in [1.54, 1.807) is 0 Å². The van der Waals surface area contributed by atoms with Crippen LogP contribution in [0.2, 0.25) is 0 Å². The summed E-state index contributed by atoms with van der Waals surface area (Å²) in [5.41, 5.74) is 0. The summed E-state index contributed by atoms with van der Waals surface area (Å²) in [6, 6.07) is 1.31. The van der Waals surface area contributed by atoms with Crippen LogP contribution < -0.4 is 5.32 Å². The van der Waals surface area contributed by atoms with Gasteiger partial charge in [-0.25, -0.2) is 0 Å². The van der Waals surface area contributed by atoms with Crippen molar-refractivity contribution in [2.24, 2.45) is 5.92 Å². The lowest BCUT2D eigenvalue weighted by Crippen LogP contribution is -2.43. The molecule has 0 bridgehead atoms. The van der Waals surface area contributed by atoms with Gasteiger partial charge < -0.3 is 5.32 Å². The molecule has 0 aliphatic rings. The molecule has 0 aromatic carbocycles. The summed E-state index contributed by atoms with van der Waals surface area (Å²) in [6.45, 7) is 13.5. The molecule has 0 aromatic heterocycles. The first-order valence-electron chi connectivity index (χ1n) is 5.91. The minimum absolute atomic E-state index is 0.628. The number of likely N-dealkylation sites (N-methyl/N-ethyl adjacent to an activating group) is 2. The summed E-state index contributed by atoms with van der Waals surface area (Å²) in [6.07, 6.45) is 1.28. The number of nitrogens with zero attached hydrogens (tertiary/aromatic N) is 1. The fourth-order valence-electron chi connectivity index (χ4n) is 1.78. The van der Waals surface area contributed by atoms with E-state index in [1.807, 2.05) is 0 Å². The normalized spacial score (nSPS) is 16.3. The topological polar surface area (TPSA) is 15.3 Å². The quantitative estimate of drug-likeness (QED) is 0.678. The largest absolute Gasteiger partial charge is 0.315 e. The lowest BCUT2D eigenvalue weighted by atomic mass is 10.0. The SMILES string of the molecule is CCNCC(C)N(C)C(C)CC(C)C. The van der Waals surface area contributed by atoms with Crippen molar-refractivity contribution < 1.29 is 0 Å². The Labute approximate surface area is 90.1 Å². The van der Waals surface area contributed by atoms with Gasteiger partial charge in [0.15, 0.2) is 0 Å². The van der Waals surface area contributed by atoms with E-state index in [9.17, 15) is 0 Å². The van der Waals surface area contributed by atoms with E-state index in [0.29, 0.717) is 12.1 Å². The number of hydrogen-bond donors (Lipinski definition) is 1. The Morgan fingerprint density at radius 3 is 2.07 bits per heavy atom. The molecular weight excluding hydrogens is 172 g/mol. The molecule has 0 aliphatic heterocycles. The first-order valence-corrected chi connectivity index (χ1v) is 5.91. The number of rotatable bonds is 7. The minimum Gasteiger partial charge on any atom is -0.315 e. The van der Waals surface area contributed by atoms with E-state index < -0.39 is 0 Å². The maximum Gasteiger partial charge on any atom is 0.0192 e. The van der Waals surface area contributed by atoms with Gasteiger partial charge in [0.05, 0.1) is 0 Å². The Bertz CT molecular complexity index is 134. The fourth-order valence-corrected chi connectivity index (χ4v) is 1.78. The van der Waals surface area contributed by atoms with Crippen LogP contribution in [0.3, 0.4) is 0 Å². The second-order valence-corrected chi connectivity index (χ2v) is 4.80. The van der Waals surface area contributed by atoms with Gasteiger partial charge >= 0.3 is 0 Å². The van der Waals surface area contributed by atoms with Crippen molar-refractivity contribution in [3.63, 3.8) is 0 Å². The Hall–Kier alpha value is -0.0800. The zero-order valence-electron chi connectivity index (χ0n) is 10.8. The standard InChI is InChI=1S/C12H28N2/c1-7-13-9-12(5)14(6)11(4)8-10(2)3/h10-13H,7-9H2,1-6H3. The Balaban J connectivity index is 3.84. The van der Waals surface area contributed by atoms with E-state index in [0.717, 1.165) is 19.0 Å². The summed E-state index contributed by atoms with van der Waals surface area (Å²) in [4.78, 5) is 2.47. The second-order valence-electron chi connectivity index (χ2n) is 4.80. The van der Waals surface area contributed by atoms with Crippen LogP contribution in [0.15, 0.2) is 0 Å². The highest BCUT2D eigenvalue weighted by Gasteiger charge is 2.15. The predicted molar refractivity (Wildman–Crippen MR) is 64.7 cm³/mol. The highest BCUT2D eigenvalue weighted by molar-refractivity contribution is 4.72. The summed E-state index contributed by atoms with van der Waals surface area (Å²) >= 11 is 0. The monoisotopic (exact) mass is 200 g/mol. The van der Waals surface area contributed by atoms with E-state index >= 15 is 0 Å². The zero-order valence-corrected chi connectivity index (χ0v) is 10.8. The van der Waals surface area contributed by atoms with Crippen LogP contribution in [0.1, 0.15) is 41.0 Å². The van der Waals surface area contributed by atoms with Gasteiger partial charge in [0.2, 0.25) is 0 Å². The minimum atomic E-state index is 0.628. The van der Waals surface area contributed by atoms with Gasteiger partial charge in [-0.3, -0.25) is 4.90 Å². The van der Waals surface area contributed by atoms with Crippen molar-refractivity contribution in [3.8, 4) is 0 Å². The molecule has 0 amide bonds. The van der Waals surface area contributed by atoms with Crippen LogP contribution in [0.5, 0.6) is 0 Å². The van der Waals surface area contributed by atoms with Crippen molar-refractivity contribution in [1.29, 1.82) is 0 Å². The summed E-state index contributed by atoms with van der Waals surface area (Å²) in [5, 5.41) is 3.40. The molecule has 0 spiro atoms. The molecule has 2 atom stereocenters. The smallest absolute Gasteiger partial charge is 0.0192 e. The van der Waals surface area contributed by atoms with Gasteiger partial charge in [-0.15, -0.1) is 0 Å². The van der Waals surface area contributed by atoms with Gasteiger partial charge in [-0.1, -0.05) is 20.8 Å². The van der Waals surface area contributed by atoms with Crippen molar-refractivity contribution in [1.82, 2.24) is 10.2 Å². The first-order chi connectivity index (χ1) is 6.49. The van der Waals surface area contributed by atoms with E-state index in [2.05, 4.69) is 51.9 Å². The third-order valence-corrected chi connectivity index (χ3v) is 2.89. The average molecular weight is 200 g/mol. The molecular formula is C12H28N2. The van der Waals surface area contributed by atoms with E-state index in [4.69, 9.17) is 0 Å². The van der Waals surface area contributed by atoms with Crippen molar-refractivity contribution >= 4 is 0 Å². The molecule has 0 rings (SSSR count). The molecule has 0 heterocycles. The molecule has 0 saturated heterocycles. The summed E-state index contributed by atoms with van der Waals surface area (Å²) in [7, 11) is 2.23. The zero-order chi connectivity index (χ0) is 11.1. The molecule has 0 aromatic rings. The van der Waals surface area contributed by atoms with Gasteiger partial charge in [-0.05, 0) is 39.8 Å². The third kappa shape index (κ3) is 5.61. The van der Waals surface area contributed by atoms with Crippen LogP contribution in [0, 0.1) is 5.92 Å². The average Bonchev–Trinajstić information content (AvgIpc) is 2.11. The van der Waals surface area contributed by atoms with Crippen molar-refractivity contribution in [2.75, 3.05) is 20.1 Å². The molecule has 2 nitrogen and oxygen atoms in total. The number of nitrogens with one attached hydrogen (secondary N) is 1. The Kier molecular flexibility index (Phi) is 7.20. The molecule has 14 heavy (non-hydrogen) atoms. The van der Waals surface area contributed by atoms with Crippen LogP contribution in [-0.4, -0.2) is 37.1 Å².